The van der Waals surface area contributed by atoms with E-state index in [1.807, 2.05) is 19.1 Å². The third-order valence-corrected chi connectivity index (χ3v) is 5.48. The second-order valence-corrected chi connectivity index (χ2v) is 8.04. The fourth-order valence-corrected chi connectivity index (χ4v) is 3.77. The molecule has 33 heavy (non-hydrogen) atoms. The number of halogens is 3. The van der Waals surface area contributed by atoms with Crippen molar-refractivity contribution in [2.24, 2.45) is 0 Å². The number of pyridine rings is 1. The lowest BCUT2D eigenvalue weighted by atomic mass is 9.90. The highest BCUT2D eigenvalue weighted by molar-refractivity contribution is 5.76. The van der Waals surface area contributed by atoms with Crippen LogP contribution in [0.5, 0.6) is 0 Å². The Morgan fingerprint density at radius 2 is 1.91 bits per heavy atom. The number of rotatable bonds is 4. The lowest BCUT2D eigenvalue weighted by molar-refractivity contribution is -0.141. The van der Waals surface area contributed by atoms with Gasteiger partial charge in [0.1, 0.15) is 11.3 Å². The highest BCUT2D eigenvalue weighted by Gasteiger charge is 2.34. The average molecular weight is 457 g/mol. The van der Waals surface area contributed by atoms with Crippen LogP contribution < -0.4 is 10.6 Å². The van der Waals surface area contributed by atoms with Gasteiger partial charge in [-0.15, -0.1) is 0 Å². The van der Waals surface area contributed by atoms with Gasteiger partial charge in [-0.3, -0.25) is 9.78 Å². The molecule has 1 aliphatic rings. The van der Waals surface area contributed by atoms with Crippen LogP contribution in [0, 0.1) is 6.92 Å². The van der Waals surface area contributed by atoms with Gasteiger partial charge in [-0.1, -0.05) is 12.1 Å². The zero-order valence-electron chi connectivity index (χ0n) is 17.8. The van der Waals surface area contributed by atoms with Crippen molar-refractivity contribution < 1.29 is 23.1 Å². The van der Waals surface area contributed by atoms with Gasteiger partial charge < -0.3 is 15.7 Å². The number of hydrogen-bond acceptors (Lipinski definition) is 6. The van der Waals surface area contributed by atoms with Crippen LogP contribution >= 0.6 is 0 Å². The van der Waals surface area contributed by atoms with E-state index in [0.29, 0.717) is 30.8 Å². The lowest BCUT2D eigenvalue weighted by Crippen LogP contribution is -2.28. The molecular formula is C23H22F3N5O2. The van der Waals surface area contributed by atoms with Crippen molar-refractivity contribution in [3.05, 3.63) is 65.7 Å². The van der Waals surface area contributed by atoms with Crippen LogP contribution in [0.1, 0.15) is 36.2 Å². The minimum Gasteiger partial charge on any atom is -0.383 e. The monoisotopic (exact) mass is 457 g/mol. The molecule has 1 unspecified atom stereocenters. The fraction of sp³-hybridized carbons (Fsp3) is 0.304. The van der Waals surface area contributed by atoms with Crippen molar-refractivity contribution in [2.75, 3.05) is 11.9 Å². The van der Waals surface area contributed by atoms with Crippen LogP contribution in [0.3, 0.4) is 0 Å². The normalized spacial score (nSPS) is 19.0. The Balaban J connectivity index is 1.57. The summed E-state index contributed by atoms with van der Waals surface area (Å²) in [5.41, 5.74) is 1.23. The van der Waals surface area contributed by atoms with Gasteiger partial charge in [-0.2, -0.15) is 13.2 Å². The van der Waals surface area contributed by atoms with E-state index in [4.69, 9.17) is 0 Å². The minimum atomic E-state index is -4.56. The molecule has 0 radical (unpaired) electrons. The summed E-state index contributed by atoms with van der Waals surface area (Å²) in [5, 5.41) is 16.5. The Morgan fingerprint density at radius 3 is 2.64 bits per heavy atom. The number of hydrogen-bond donors (Lipinski definition) is 3. The number of anilines is 2. The Bertz CT molecular complexity index is 1170. The molecule has 10 heteroatoms. The smallest absolute Gasteiger partial charge is 0.383 e. The summed E-state index contributed by atoms with van der Waals surface area (Å²) in [6, 6.07) is 9.81. The summed E-state index contributed by atoms with van der Waals surface area (Å²) >= 11 is 0. The number of aryl methyl sites for hydroxylation is 1. The predicted molar refractivity (Wildman–Crippen MR) is 115 cm³/mol. The standard InChI is InChI=1S/C23H22F3N5O2/c1-14-10-16(12-17(11-14)30-21-28-8-5-19(31-21)23(24,25)26)15-2-3-18(29-13-15)22(33)6-4-20(32)27-9-7-22/h2-3,5,8,10-13,33H,4,6-7,9H2,1H3,(H,27,32)(H,28,30,31). The second kappa shape index (κ2) is 8.78. The molecule has 1 amide bonds. The highest BCUT2D eigenvalue weighted by Crippen LogP contribution is 2.32. The van der Waals surface area contributed by atoms with E-state index in [0.717, 1.165) is 29.0 Å². The van der Waals surface area contributed by atoms with Crippen molar-refractivity contribution in [1.82, 2.24) is 20.3 Å². The molecule has 0 bridgehead atoms. The fourth-order valence-electron chi connectivity index (χ4n) is 3.77. The summed E-state index contributed by atoms with van der Waals surface area (Å²) in [6.07, 6.45) is -0.980. The van der Waals surface area contributed by atoms with E-state index in [1.54, 1.807) is 24.4 Å². The number of aromatic nitrogens is 3. The summed E-state index contributed by atoms with van der Waals surface area (Å²) in [7, 11) is 0. The molecule has 1 aromatic carbocycles. The van der Waals surface area contributed by atoms with E-state index in [-0.39, 0.29) is 18.3 Å². The molecule has 3 N–H and O–H groups in total. The SMILES string of the molecule is Cc1cc(Nc2nccc(C(F)(F)F)n2)cc(-c2ccc(C3(O)CCNC(=O)CC3)nc2)c1. The maximum atomic E-state index is 12.9. The molecular weight excluding hydrogens is 435 g/mol. The van der Waals surface area contributed by atoms with Gasteiger partial charge in [-0.25, -0.2) is 9.97 Å². The number of amides is 1. The zero-order chi connectivity index (χ0) is 23.6. The summed E-state index contributed by atoms with van der Waals surface area (Å²) < 4.78 is 38.8. The quantitative estimate of drug-likeness (QED) is 0.546. The average Bonchev–Trinajstić information content (AvgIpc) is 2.94. The van der Waals surface area contributed by atoms with Crippen LogP contribution in [0.15, 0.2) is 48.8 Å². The van der Waals surface area contributed by atoms with Crippen LogP contribution in [-0.4, -0.2) is 32.5 Å². The van der Waals surface area contributed by atoms with E-state index in [2.05, 4.69) is 25.6 Å². The Kier molecular flexibility index (Phi) is 6.03. The number of benzene rings is 1. The highest BCUT2D eigenvalue weighted by atomic mass is 19.4. The molecule has 3 heterocycles. The van der Waals surface area contributed by atoms with Gasteiger partial charge in [0.15, 0.2) is 0 Å². The molecule has 7 nitrogen and oxygen atoms in total. The number of nitrogens with one attached hydrogen (secondary N) is 2. The summed E-state index contributed by atoms with van der Waals surface area (Å²) in [5.74, 6) is -0.249. The molecule has 2 aromatic heterocycles. The van der Waals surface area contributed by atoms with Crippen LogP contribution in [0.4, 0.5) is 24.8 Å². The van der Waals surface area contributed by atoms with Gasteiger partial charge in [-0.05, 0) is 55.2 Å². The Morgan fingerprint density at radius 1 is 1.09 bits per heavy atom. The van der Waals surface area contributed by atoms with Gasteiger partial charge in [0.25, 0.3) is 0 Å². The van der Waals surface area contributed by atoms with E-state index in [9.17, 15) is 23.1 Å². The first-order chi connectivity index (χ1) is 15.6. The zero-order valence-corrected chi connectivity index (χ0v) is 17.8. The lowest BCUT2D eigenvalue weighted by Gasteiger charge is -2.25. The Hall–Kier alpha value is -3.53. The second-order valence-electron chi connectivity index (χ2n) is 8.04. The summed E-state index contributed by atoms with van der Waals surface area (Å²) in [6.45, 7) is 2.24. The van der Waals surface area contributed by atoms with Crippen molar-refractivity contribution >= 4 is 17.5 Å². The van der Waals surface area contributed by atoms with Crippen molar-refractivity contribution in [3.63, 3.8) is 0 Å². The van der Waals surface area contributed by atoms with Crippen molar-refractivity contribution in [2.45, 2.75) is 38.0 Å². The predicted octanol–water partition coefficient (Wildman–Crippen LogP) is 4.10. The van der Waals surface area contributed by atoms with Crippen molar-refractivity contribution in [3.8, 4) is 11.1 Å². The van der Waals surface area contributed by atoms with E-state index >= 15 is 0 Å². The van der Waals surface area contributed by atoms with Crippen LogP contribution in [0.2, 0.25) is 0 Å². The van der Waals surface area contributed by atoms with E-state index < -0.39 is 17.5 Å². The molecule has 3 aromatic rings. The first-order valence-corrected chi connectivity index (χ1v) is 10.4. The number of nitrogens with zero attached hydrogens (tertiary/aromatic N) is 3. The molecule has 4 rings (SSSR count). The van der Waals surface area contributed by atoms with E-state index in [1.165, 1.54) is 0 Å². The van der Waals surface area contributed by atoms with Crippen LogP contribution in [0.25, 0.3) is 11.1 Å². The minimum absolute atomic E-state index is 0.0907. The molecule has 1 aliphatic heterocycles. The number of aliphatic hydroxyl groups is 1. The first kappa shape index (κ1) is 22.7. The third kappa shape index (κ3) is 5.28. The van der Waals surface area contributed by atoms with Gasteiger partial charge in [0.2, 0.25) is 11.9 Å². The summed E-state index contributed by atoms with van der Waals surface area (Å²) in [4.78, 5) is 23.4. The van der Waals surface area contributed by atoms with Gasteiger partial charge in [0, 0.05) is 36.6 Å². The van der Waals surface area contributed by atoms with Crippen LogP contribution in [-0.2, 0) is 16.6 Å². The number of alkyl halides is 3. The van der Waals surface area contributed by atoms with Gasteiger partial charge >= 0.3 is 6.18 Å². The first-order valence-electron chi connectivity index (χ1n) is 10.4. The Labute approximate surface area is 188 Å². The maximum Gasteiger partial charge on any atom is 0.433 e. The molecule has 1 saturated heterocycles. The topological polar surface area (TPSA) is 100 Å². The maximum absolute atomic E-state index is 12.9. The molecule has 0 spiro atoms. The third-order valence-electron chi connectivity index (χ3n) is 5.48. The molecule has 1 atom stereocenters. The van der Waals surface area contributed by atoms with Crippen molar-refractivity contribution in [1.29, 1.82) is 0 Å². The molecule has 1 fully saturated rings. The molecule has 0 aliphatic carbocycles. The number of carbonyl (C=O) groups excluding carboxylic acids is 1. The molecule has 0 saturated carbocycles. The molecule has 172 valence electrons. The van der Waals surface area contributed by atoms with Gasteiger partial charge in [0.05, 0.1) is 5.69 Å². The number of carbonyl (C=O) groups is 1. The largest absolute Gasteiger partial charge is 0.433 e.